The summed E-state index contributed by atoms with van der Waals surface area (Å²) in [6.45, 7) is 2.40. The summed E-state index contributed by atoms with van der Waals surface area (Å²) in [5.74, 6) is 1.72. The zero-order valence-corrected chi connectivity index (χ0v) is 7.58. The second-order valence-electron chi connectivity index (χ2n) is 2.80. The maximum Gasteiger partial charge on any atom is 0.320 e. The minimum atomic E-state index is -0.793. The number of likely N-dealkylation sites (N-methyl/N-ethyl adjacent to an activating group) is 1. The zero-order chi connectivity index (χ0) is 9.56. The summed E-state index contributed by atoms with van der Waals surface area (Å²) in [6.07, 6.45) is 6.62. The molecule has 68 valence electrons. The van der Waals surface area contributed by atoms with Gasteiger partial charge in [0, 0.05) is 6.42 Å². The van der Waals surface area contributed by atoms with E-state index in [0.717, 1.165) is 13.0 Å². The van der Waals surface area contributed by atoms with Crippen LogP contribution in [0.25, 0.3) is 0 Å². The third-order valence-corrected chi connectivity index (χ3v) is 1.85. The van der Waals surface area contributed by atoms with Gasteiger partial charge in [0.2, 0.25) is 0 Å². The summed E-state index contributed by atoms with van der Waals surface area (Å²) in [5, 5.41) is 8.63. The number of carboxylic acids is 1. The molecule has 0 spiro atoms. The number of carboxylic acid groups (broad SMARTS) is 1. The fraction of sp³-hybridized carbons (Fsp3) is 0.667. The SMILES string of the molecule is C#CCCCN(C)C(C)C(=O)O. The first-order valence-corrected chi connectivity index (χ1v) is 3.96. The van der Waals surface area contributed by atoms with Gasteiger partial charge in [-0.15, -0.1) is 12.3 Å². The minimum absolute atomic E-state index is 0.428. The highest BCUT2D eigenvalue weighted by Crippen LogP contribution is 1.98. The first-order chi connectivity index (χ1) is 5.59. The Hall–Kier alpha value is -1.01. The number of carbonyl (C=O) groups is 1. The molecule has 0 bridgehead atoms. The van der Waals surface area contributed by atoms with Crippen molar-refractivity contribution in [2.45, 2.75) is 25.8 Å². The number of terminal acetylenes is 1. The van der Waals surface area contributed by atoms with Crippen LogP contribution in [0.5, 0.6) is 0 Å². The van der Waals surface area contributed by atoms with E-state index in [2.05, 4.69) is 5.92 Å². The van der Waals surface area contributed by atoms with Crippen LogP contribution in [0.4, 0.5) is 0 Å². The molecule has 0 radical (unpaired) electrons. The standard InChI is InChI=1S/C9H15NO2/c1-4-5-6-7-10(3)8(2)9(11)12/h1,8H,5-7H2,2-3H3,(H,11,12). The highest BCUT2D eigenvalue weighted by atomic mass is 16.4. The summed E-state index contributed by atoms with van der Waals surface area (Å²) in [6, 6.07) is -0.428. The molecule has 12 heavy (non-hydrogen) atoms. The molecule has 0 saturated carbocycles. The Bertz CT molecular complexity index is 183. The van der Waals surface area contributed by atoms with Crippen molar-refractivity contribution in [1.29, 1.82) is 0 Å². The number of rotatable bonds is 5. The van der Waals surface area contributed by atoms with Gasteiger partial charge in [0.05, 0.1) is 0 Å². The van der Waals surface area contributed by atoms with E-state index in [4.69, 9.17) is 11.5 Å². The van der Waals surface area contributed by atoms with Crippen LogP contribution >= 0.6 is 0 Å². The molecule has 0 aromatic rings. The average molecular weight is 169 g/mol. The second kappa shape index (κ2) is 5.62. The van der Waals surface area contributed by atoms with Crippen LogP contribution < -0.4 is 0 Å². The lowest BCUT2D eigenvalue weighted by molar-refractivity contribution is -0.142. The van der Waals surface area contributed by atoms with E-state index in [0.29, 0.717) is 6.42 Å². The van der Waals surface area contributed by atoms with Crippen LogP contribution in [-0.2, 0) is 4.79 Å². The summed E-state index contributed by atoms with van der Waals surface area (Å²) in [5.41, 5.74) is 0. The Labute approximate surface area is 73.4 Å². The Balaban J connectivity index is 3.65. The molecule has 0 aromatic carbocycles. The van der Waals surface area contributed by atoms with Crippen molar-refractivity contribution in [2.24, 2.45) is 0 Å². The molecule has 1 N–H and O–H groups in total. The van der Waals surface area contributed by atoms with Gasteiger partial charge in [0.15, 0.2) is 0 Å². The van der Waals surface area contributed by atoms with Gasteiger partial charge in [-0.05, 0) is 26.9 Å². The molecule has 0 aliphatic heterocycles. The van der Waals surface area contributed by atoms with E-state index < -0.39 is 12.0 Å². The van der Waals surface area contributed by atoms with E-state index in [1.54, 1.807) is 18.9 Å². The van der Waals surface area contributed by atoms with E-state index >= 15 is 0 Å². The van der Waals surface area contributed by atoms with Crippen LogP contribution in [0.15, 0.2) is 0 Å². The lowest BCUT2D eigenvalue weighted by atomic mass is 10.2. The molecule has 1 atom stereocenters. The van der Waals surface area contributed by atoms with Gasteiger partial charge in [0.25, 0.3) is 0 Å². The van der Waals surface area contributed by atoms with E-state index in [1.807, 2.05) is 0 Å². The molecule has 0 aromatic heterocycles. The Kier molecular flexibility index (Phi) is 5.14. The molecule has 0 heterocycles. The van der Waals surface area contributed by atoms with Crippen molar-refractivity contribution in [3.8, 4) is 12.3 Å². The van der Waals surface area contributed by atoms with Crippen molar-refractivity contribution in [2.75, 3.05) is 13.6 Å². The summed E-state index contributed by atoms with van der Waals surface area (Å²) in [7, 11) is 1.79. The Morgan fingerprint density at radius 1 is 1.75 bits per heavy atom. The topological polar surface area (TPSA) is 40.5 Å². The van der Waals surface area contributed by atoms with E-state index in [9.17, 15) is 4.79 Å². The zero-order valence-electron chi connectivity index (χ0n) is 7.58. The smallest absolute Gasteiger partial charge is 0.320 e. The maximum absolute atomic E-state index is 10.5. The second-order valence-corrected chi connectivity index (χ2v) is 2.80. The highest BCUT2D eigenvalue weighted by molar-refractivity contribution is 5.72. The Morgan fingerprint density at radius 2 is 2.33 bits per heavy atom. The monoisotopic (exact) mass is 169 g/mol. The number of hydrogen-bond acceptors (Lipinski definition) is 2. The molecular weight excluding hydrogens is 154 g/mol. The van der Waals surface area contributed by atoms with Gasteiger partial charge in [-0.3, -0.25) is 9.69 Å². The molecule has 0 amide bonds. The maximum atomic E-state index is 10.5. The van der Waals surface area contributed by atoms with Crippen LogP contribution in [-0.4, -0.2) is 35.6 Å². The molecular formula is C9H15NO2. The molecule has 3 nitrogen and oxygen atoms in total. The molecule has 0 rings (SSSR count). The fourth-order valence-electron chi connectivity index (χ4n) is 0.813. The highest BCUT2D eigenvalue weighted by Gasteiger charge is 2.15. The van der Waals surface area contributed by atoms with Gasteiger partial charge >= 0.3 is 5.97 Å². The molecule has 0 saturated heterocycles. The lowest BCUT2D eigenvalue weighted by Crippen LogP contribution is -2.36. The predicted octanol–water partition coefficient (Wildman–Crippen LogP) is 0.805. The first-order valence-electron chi connectivity index (χ1n) is 3.96. The summed E-state index contributed by atoms with van der Waals surface area (Å²) >= 11 is 0. The van der Waals surface area contributed by atoms with E-state index in [1.165, 1.54) is 0 Å². The van der Waals surface area contributed by atoms with E-state index in [-0.39, 0.29) is 0 Å². The number of aliphatic carboxylic acids is 1. The van der Waals surface area contributed by atoms with Crippen molar-refractivity contribution < 1.29 is 9.90 Å². The van der Waals surface area contributed by atoms with Crippen molar-refractivity contribution in [3.05, 3.63) is 0 Å². The summed E-state index contributed by atoms with van der Waals surface area (Å²) in [4.78, 5) is 12.3. The van der Waals surface area contributed by atoms with Crippen LogP contribution in [0.1, 0.15) is 19.8 Å². The minimum Gasteiger partial charge on any atom is -0.480 e. The van der Waals surface area contributed by atoms with Crippen LogP contribution in [0, 0.1) is 12.3 Å². The third-order valence-electron chi connectivity index (χ3n) is 1.85. The molecule has 0 fully saturated rings. The van der Waals surface area contributed by atoms with Gasteiger partial charge in [-0.25, -0.2) is 0 Å². The Morgan fingerprint density at radius 3 is 2.75 bits per heavy atom. The molecule has 0 aliphatic carbocycles. The summed E-state index contributed by atoms with van der Waals surface area (Å²) < 4.78 is 0. The molecule has 3 heteroatoms. The predicted molar refractivity (Wildman–Crippen MR) is 47.8 cm³/mol. The van der Waals surface area contributed by atoms with Crippen molar-refractivity contribution >= 4 is 5.97 Å². The van der Waals surface area contributed by atoms with Gasteiger partial charge in [0.1, 0.15) is 6.04 Å². The largest absolute Gasteiger partial charge is 0.480 e. The van der Waals surface area contributed by atoms with Crippen molar-refractivity contribution in [3.63, 3.8) is 0 Å². The first kappa shape index (κ1) is 11.0. The average Bonchev–Trinajstić information content (AvgIpc) is 2.03. The molecule has 0 aliphatic rings. The normalized spacial score (nSPS) is 12.5. The van der Waals surface area contributed by atoms with Gasteiger partial charge in [-0.2, -0.15) is 0 Å². The lowest BCUT2D eigenvalue weighted by Gasteiger charge is -2.20. The number of nitrogens with zero attached hydrogens (tertiary/aromatic N) is 1. The van der Waals surface area contributed by atoms with Crippen LogP contribution in [0.2, 0.25) is 0 Å². The fourth-order valence-corrected chi connectivity index (χ4v) is 0.813. The van der Waals surface area contributed by atoms with Crippen LogP contribution in [0.3, 0.4) is 0 Å². The quantitative estimate of drug-likeness (QED) is 0.489. The number of hydrogen-bond donors (Lipinski definition) is 1. The van der Waals surface area contributed by atoms with Gasteiger partial charge < -0.3 is 5.11 Å². The third kappa shape index (κ3) is 3.99. The number of unbranched alkanes of at least 4 members (excludes halogenated alkanes) is 1. The van der Waals surface area contributed by atoms with Crippen molar-refractivity contribution in [1.82, 2.24) is 4.90 Å². The van der Waals surface area contributed by atoms with Gasteiger partial charge in [-0.1, -0.05) is 0 Å². The molecule has 1 unspecified atom stereocenters.